The van der Waals surface area contributed by atoms with E-state index in [1.54, 1.807) is 15.9 Å². The van der Waals surface area contributed by atoms with Crippen molar-refractivity contribution in [2.45, 2.75) is 63.4 Å². The molecule has 22 heavy (non-hydrogen) atoms. The summed E-state index contributed by atoms with van der Waals surface area (Å²) in [5, 5.41) is 1.39. The van der Waals surface area contributed by atoms with E-state index in [4.69, 9.17) is 4.98 Å². The Labute approximate surface area is 137 Å². The van der Waals surface area contributed by atoms with Gasteiger partial charge in [0, 0.05) is 17.8 Å². The average Bonchev–Trinajstić information content (AvgIpc) is 2.77. The van der Waals surface area contributed by atoms with E-state index in [2.05, 4.69) is 0 Å². The molecule has 1 saturated carbocycles. The second-order valence-electron chi connectivity index (χ2n) is 5.73. The van der Waals surface area contributed by atoms with Crippen LogP contribution in [0.1, 0.15) is 43.0 Å². The van der Waals surface area contributed by atoms with E-state index < -0.39 is 0 Å². The molecule has 0 aromatic carbocycles. The molecule has 118 valence electrons. The highest BCUT2D eigenvalue weighted by Crippen LogP contribution is 2.33. The molecule has 4 nitrogen and oxygen atoms in total. The molecule has 0 radical (unpaired) electrons. The number of rotatable bonds is 3. The summed E-state index contributed by atoms with van der Waals surface area (Å²) < 4.78 is 1.72. The minimum Gasteiger partial charge on any atom is -0.298 e. The molecule has 3 rings (SSSR count). The van der Waals surface area contributed by atoms with Crippen LogP contribution in [0.5, 0.6) is 0 Å². The molecule has 0 aliphatic heterocycles. The third-order valence-corrected chi connectivity index (χ3v) is 6.72. The van der Waals surface area contributed by atoms with Crippen LogP contribution in [-0.4, -0.2) is 20.6 Å². The van der Waals surface area contributed by atoms with Crippen LogP contribution in [0.25, 0.3) is 10.2 Å². The number of nitrogens with zero attached hydrogens (tertiary/aromatic N) is 2. The van der Waals surface area contributed by atoms with E-state index in [-0.39, 0.29) is 10.8 Å². The average molecular weight is 336 g/mol. The standard InChI is InChI=1S/C16H20N2O2S2/c1-4-18-15(20)13-9(2)10(3)21-14(13)17-16(18)22-12-8-6-5-7-11(12)19/h12H,4-8H2,1-3H3/t12-/m1/s1. The topological polar surface area (TPSA) is 52.0 Å². The van der Waals surface area contributed by atoms with E-state index in [1.807, 2.05) is 20.8 Å². The first-order valence-electron chi connectivity index (χ1n) is 7.72. The lowest BCUT2D eigenvalue weighted by Gasteiger charge is -2.20. The number of hydrogen-bond acceptors (Lipinski definition) is 5. The summed E-state index contributed by atoms with van der Waals surface area (Å²) >= 11 is 3.04. The summed E-state index contributed by atoms with van der Waals surface area (Å²) in [5.74, 6) is 0.298. The molecule has 2 aromatic rings. The smallest absolute Gasteiger partial charge is 0.263 e. The van der Waals surface area contributed by atoms with Crippen LogP contribution < -0.4 is 5.56 Å². The molecule has 1 fully saturated rings. The van der Waals surface area contributed by atoms with Crippen LogP contribution in [0.2, 0.25) is 0 Å². The zero-order chi connectivity index (χ0) is 15.9. The third kappa shape index (κ3) is 2.63. The lowest BCUT2D eigenvalue weighted by molar-refractivity contribution is -0.119. The molecule has 0 saturated heterocycles. The van der Waals surface area contributed by atoms with Gasteiger partial charge in [-0.25, -0.2) is 4.98 Å². The second-order valence-corrected chi connectivity index (χ2v) is 8.10. The maximum Gasteiger partial charge on any atom is 0.263 e. The van der Waals surface area contributed by atoms with Gasteiger partial charge in [0.25, 0.3) is 5.56 Å². The number of thiophene rings is 1. The van der Waals surface area contributed by atoms with Gasteiger partial charge in [0.1, 0.15) is 10.6 Å². The van der Waals surface area contributed by atoms with E-state index in [1.165, 1.54) is 11.8 Å². The van der Waals surface area contributed by atoms with Crippen LogP contribution in [0.3, 0.4) is 0 Å². The normalized spacial score (nSPS) is 19.0. The molecule has 0 bridgehead atoms. The highest BCUT2D eigenvalue weighted by atomic mass is 32.2. The van der Waals surface area contributed by atoms with Gasteiger partial charge in [-0.15, -0.1) is 11.3 Å². The van der Waals surface area contributed by atoms with Crippen molar-refractivity contribution in [3.63, 3.8) is 0 Å². The van der Waals surface area contributed by atoms with E-state index in [0.29, 0.717) is 23.9 Å². The Bertz CT molecular complexity index is 792. The van der Waals surface area contributed by atoms with Crippen molar-refractivity contribution < 1.29 is 4.79 Å². The first-order chi connectivity index (χ1) is 10.5. The predicted molar refractivity (Wildman–Crippen MR) is 92.1 cm³/mol. The summed E-state index contributed by atoms with van der Waals surface area (Å²) in [6.07, 6.45) is 3.63. The molecular weight excluding hydrogens is 316 g/mol. The number of aromatic nitrogens is 2. The summed E-state index contributed by atoms with van der Waals surface area (Å²) in [7, 11) is 0. The molecular formula is C16H20N2O2S2. The molecule has 1 atom stereocenters. The van der Waals surface area contributed by atoms with Crippen molar-refractivity contribution in [1.29, 1.82) is 0 Å². The second kappa shape index (κ2) is 6.16. The lowest BCUT2D eigenvalue weighted by Crippen LogP contribution is -2.26. The van der Waals surface area contributed by atoms with Crippen LogP contribution >= 0.6 is 23.1 Å². The van der Waals surface area contributed by atoms with Gasteiger partial charge in [0.2, 0.25) is 0 Å². The quantitative estimate of drug-likeness (QED) is 0.802. The van der Waals surface area contributed by atoms with Crippen molar-refractivity contribution in [1.82, 2.24) is 9.55 Å². The molecule has 2 heterocycles. The number of thioether (sulfide) groups is 1. The predicted octanol–water partition coefficient (Wildman–Crippen LogP) is 3.70. The Hall–Kier alpha value is -1.14. The van der Waals surface area contributed by atoms with Gasteiger partial charge < -0.3 is 0 Å². The lowest BCUT2D eigenvalue weighted by atomic mass is 9.99. The van der Waals surface area contributed by atoms with Gasteiger partial charge in [0.05, 0.1) is 10.6 Å². The summed E-state index contributed by atoms with van der Waals surface area (Å²) in [6, 6.07) is 0. The fourth-order valence-electron chi connectivity index (χ4n) is 2.88. The summed E-state index contributed by atoms with van der Waals surface area (Å²) in [6.45, 7) is 6.54. The van der Waals surface area contributed by atoms with E-state index in [9.17, 15) is 9.59 Å². The Morgan fingerprint density at radius 2 is 2.09 bits per heavy atom. The number of hydrogen-bond donors (Lipinski definition) is 0. The molecule has 6 heteroatoms. The number of fused-ring (bicyclic) bond motifs is 1. The zero-order valence-corrected chi connectivity index (χ0v) is 14.8. The number of carbonyl (C=O) groups is 1. The largest absolute Gasteiger partial charge is 0.298 e. The van der Waals surface area contributed by atoms with Crippen LogP contribution in [-0.2, 0) is 11.3 Å². The van der Waals surface area contributed by atoms with E-state index in [0.717, 1.165) is 39.9 Å². The Balaban J connectivity index is 2.09. The summed E-state index contributed by atoms with van der Waals surface area (Å²) in [4.78, 5) is 31.5. The Kier molecular flexibility index (Phi) is 4.41. The molecule has 0 amide bonds. The first-order valence-corrected chi connectivity index (χ1v) is 9.42. The van der Waals surface area contributed by atoms with Gasteiger partial charge in [-0.2, -0.15) is 0 Å². The molecule has 2 aromatic heterocycles. The van der Waals surface area contributed by atoms with Gasteiger partial charge in [-0.05, 0) is 39.2 Å². The highest BCUT2D eigenvalue weighted by Gasteiger charge is 2.26. The third-order valence-electron chi connectivity index (χ3n) is 4.32. The van der Waals surface area contributed by atoms with Gasteiger partial charge >= 0.3 is 0 Å². The van der Waals surface area contributed by atoms with Crippen molar-refractivity contribution in [3.8, 4) is 0 Å². The van der Waals surface area contributed by atoms with Gasteiger partial charge in [-0.3, -0.25) is 14.2 Å². The van der Waals surface area contributed by atoms with Crippen LogP contribution in [0.15, 0.2) is 9.95 Å². The van der Waals surface area contributed by atoms with Crippen molar-refractivity contribution in [3.05, 3.63) is 20.8 Å². The minimum atomic E-state index is -0.0435. The molecule has 0 spiro atoms. The van der Waals surface area contributed by atoms with Crippen molar-refractivity contribution in [2.75, 3.05) is 0 Å². The summed E-state index contributed by atoms with van der Waals surface area (Å²) in [5.41, 5.74) is 1.06. The van der Waals surface area contributed by atoms with Crippen LogP contribution in [0.4, 0.5) is 0 Å². The van der Waals surface area contributed by atoms with Crippen molar-refractivity contribution in [2.24, 2.45) is 0 Å². The number of Topliss-reactive ketones (excluding diaryl/α,β-unsaturated/α-hetero) is 1. The Morgan fingerprint density at radius 1 is 1.32 bits per heavy atom. The number of aryl methyl sites for hydroxylation is 2. The maximum atomic E-state index is 12.8. The Morgan fingerprint density at radius 3 is 2.77 bits per heavy atom. The van der Waals surface area contributed by atoms with Gasteiger partial charge in [0.15, 0.2) is 5.16 Å². The van der Waals surface area contributed by atoms with Crippen molar-refractivity contribution >= 4 is 39.1 Å². The maximum absolute atomic E-state index is 12.8. The molecule has 1 aliphatic rings. The molecule has 0 unspecified atom stereocenters. The fourth-order valence-corrected chi connectivity index (χ4v) is 5.23. The molecule has 0 N–H and O–H groups in total. The van der Waals surface area contributed by atoms with Crippen LogP contribution in [0, 0.1) is 13.8 Å². The van der Waals surface area contributed by atoms with Gasteiger partial charge in [-0.1, -0.05) is 18.2 Å². The highest BCUT2D eigenvalue weighted by molar-refractivity contribution is 8.00. The SMILES string of the molecule is CCn1c(S[C@@H]2CCCCC2=O)nc2sc(C)c(C)c2c1=O. The minimum absolute atomic E-state index is 0.0279. The monoisotopic (exact) mass is 336 g/mol. The number of carbonyl (C=O) groups excluding carboxylic acids is 1. The number of ketones is 1. The van der Waals surface area contributed by atoms with E-state index >= 15 is 0 Å². The fraction of sp³-hybridized carbons (Fsp3) is 0.562. The first kappa shape index (κ1) is 15.7. The zero-order valence-electron chi connectivity index (χ0n) is 13.1. The molecule has 1 aliphatic carbocycles.